The molecule has 0 aliphatic rings. The third-order valence-corrected chi connectivity index (χ3v) is 3.97. The van der Waals surface area contributed by atoms with Crippen molar-refractivity contribution >= 4 is 35.0 Å². The molecule has 0 fully saturated rings. The Hall–Kier alpha value is -2.01. The maximum absolute atomic E-state index is 5.20. The molecule has 2 aromatic heterocycles. The minimum atomic E-state index is 0.592. The third-order valence-electron chi connectivity index (χ3n) is 2.77. The molecule has 0 bridgehead atoms. The number of furan rings is 1. The first-order valence-electron chi connectivity index (χ1n) is 6.55. The van der Waals surface area contributed by atoms with E-state index in [1.54, 1.807) is 12.5 Å². The van der Waals surface area contributed by atoms with Crippen LogP contribution in [0.5, 0.6) is 0 Å². The van der Waals surface area contributed by atoms with Crippen LogP contribution in [0.1, 0.15) is 19.1 Å². The van der Waals surface area contributed by atoms with Crippen molar-refractivity contribution in [3.63, 3.8) is 0 Å². The Balaban J connectivity index is 1.83. The van der Waals surface area contributed by atoms with Crippen LogP contribution < -0.4 is 0 Å². The molecule has 0 saturated heterocycles. The van der Waals surface area contributed by atoms with Crippen molar-refractivity contribution in [2.75, 3.05) is 5.75 Å². The van der Waals surface area contributed by atoms with E-state index in [0.717, 1.165) is 16.8 Å². The summed E-state index contributed by atoms with van der Waals surface area (Å²) in [5, 5.41) is 0. The molecule has 3 rings (SSSR count). The lowest BCUT2D eigenvalue weighted by Crippen LogP contribution is -1.76. The van der Waals surface area contributed by atoms with Crippen molar-refractivity contribution in [2.24, 2.45) is 4.99 Å². The summed E-state index contributed by atoms with van der Waals surface area (Å²) < 4.78 is 5.20. The molecule has 0 amide bonds. The molecular formula is C15H15N3OS. The molecule has 0 aliphatic carbocycles. The number of benzene rings is 1. The minimum absolute atomic E-state index is 0.592. The predicted molar refractivity (Wildman–Crippen MR) is 83.1 cm³/mol. The first-order valence-corrected chi connectivity index (χ1v) is 7.54. The van der Waals surface area contributed by atoms with Crippen LogP contribution in [-0.2, 0) is 0 Å². The van der Waals surface area contributed by atoms with Crippen molar-refractivity contribution in [3.05, 3.63) is 42.4 Å². The number of fused-ring (bicyclic) bond motifs is 1. The Kier molecular flexibility index (Phi) is 3.87. The molecule has 0 saturated carbocycles. The fourth-order valence-corrected chi connectivity index (χ4v) is 2.64. The second-order valence-electron chi connectivity index (χ2n) is 4.36. The minimum Gasteiger partial charge on any atom is -0.463 e. The van der Waals surface area contributed by atoms with Gasteiger partial charge in [0.2, 0.25) is 5.95 Å². The molecule has 0 aliphatic heterocycles. The number of nitrogens with one attached hydrogen (secondary N) is 1. The average Bonchev–Trinajstić information content (AvgIpc) is 3.11. The molecule has 0 radical (unpaired) electrons. The lowest BCUT2D eigenvalue weighted by molar-refractivity contribution is 0.560. The average molecular weight is 285 g/mol. The van der Waals surface area contributed by atoms with Gasteiger partial charge in [-0.3, -0.25) is 0 Å². The Morgan fingerprint density at radius 1 is 1.40 bits per heavy atom. The zero-order chi connectivity index (χ0) is 13.8. The number of aromatic amines is 1. The van der Waals surface area contributed by atoms with Crippen molar-refractivity contribution < 1.29 is 4.42 Å². The first kappa shape index (κ1) is 13.0. The summed E-state index contributed by atoms with van der Waals surface area (Å²) >= 11 is 1.85. The van der Waals surface area contributed by atoms with Crippen LogP contribution in [0.15, 0.2) is 50.9 Å². The van der Waals surface area contributed by atoms with E-state index in [9.17, 15) is 0 Å². The number of aromatic nitrogens is 2. The molecule has 0 atom stereocenters. The molecule has 1 N–H and O–H groups in total. The van der Waals surface area contributed by atoms with Gasteiger partial charge in [-0.25, -0.2) is 9.98 Å². The van der Waals surface area contributed by atoms with Crippen LogP contribution >= 0.6 is 11.8 Å². The molecule has 0 spiro atoms. The standard InChI is InChI=1S/C15H15N3OS/c1-2-8-20-12-5-6-13-14(9-12)18-15(17-13)16-10-11-4-3-7-19-11/h3-7,9-10H,2,8H2,1H3,(H,17,18). The molecule has 5 heteroatoms. The Bertz CT molecular complexity index is 716. The smallest absolute Gasteiger partial charge is 0.227 e. The number of hydrogen-bond acceptors (Lipinski definition) is 4. The molecule has 20 heavy (non-hydrogen) atoms. The van der Waals surface area contributed by atoms with Crippen molar-refractivity contribution in [3.8, 4) is 0 Å². The molecule has 4 nitrogen and oxygen atoms in total. The largest absolute Gasteiger partial charge is 0.463 e. The van der Waals surface area contributed by atoms with Crippen LogP contribution in [-0.4, -0.2) is 21.9 Å². The van der Waals surface area contributed by atoms with Gasteiger partial charge < -0.3 is 9.40 Å². The van der Waals surface area contributed by atoms with E-state index in [-0.39, 0.29) is 0 Å². The topological polar surface area (TPSA) is 54.2 Å². The van der Waals surface area contributed by atoms with Gasteiger partial charge in [0.05, 0.1) is 23.5 Å². The molecule has 1 aromatic carbocycles. The van der Waals surface area contributed by atoms with E-state index in [4.69, 9.17) is 4.42 Å². The van der Waals surface area contributed by atoms with E-state index in [2.05, 4.69) is 34.0 Å². The summed E-state index contributed by atoms with van der Waals surface area (Å²) in [7, 11) is 0. The second kappa shape index (κ2) is 5.96. The van der Waals surface area contributed by atoms with Gasteiger partial charge in [-0.2, -0.15) is 0 Å². The lowest BCUT2D eigenvalue weighted by Gasteiger charge is -1.98. The zero-order valence-electron chi connectivity index (χ0n) is 11.2. The highest BCUT2D eigenvalue weighted by Gasteiger charge is 2.03. The van der Waals surface area contributed by atoms with Gasteiger partial charge in [0, 0.05) is 4.90 Å². The quantitative estimate of drug-likeness (QED) is 0.558. The van der Waals surface area contributed by atoms with Crippen LogP contribution in [0.25, 0.3) is 11.0 Å². The highest BCUT2D eigenvalue weighted by atomic mass is 32.2. The fourth-order valence-electron chi connectivity index (χ4n) is 1.84. The maximum Gasteiger partial charge on any atom is 0.227 e. The number of hydrogen-bond donors (Lipinski definition) is 1. The molecule has 2 heterocycles. The van der Waals surface area contributed by atoms with Crippen molar-refractivity contribution in [2.45, 2.75) is 18.2 Å². The van der Waals surface area contributed by atoms with E-state index < -0.39 is 0 Å². The summed E-state index contributed by atoms with van der Waals surface area (Å²) in [5.74, 6) is 2.43. The van der Waals surface area contributed by atoms with E-state index >= 15 is 0 Å². The van der Waals surface area contributed by atoms with Gasteiger partial charge in [0.25, 0.3) is 0 Å². The highest BCUT2D eigenvalue weighted by molar-refractivity contribution is 7.99. The fraction of sp³-hybridized carbons (Fsp3) is 0.200. The van der Waals surface area contributed by atoms with Gasteiger partial charge >= 0.3 is 0 Å². The van der Waals surface area contributed by atoms with E-state index in [0.29, 0.717) is 11.7 Å². The van der Waals surface area contributed by atoms with Gasteiger partial charge in [0.15, 0.2) is 0 Å². The Morgan fingerprint density at radius 2 is 2.35 bits per heavy atom. The number of rotatable bonds is 5. The van der Waals surface area contributed by atoms with Gasteiger partial charge in [-0.15, -0.1) is 11.8 Å². The normalized spacial score (nSPS) is 11.7. The van der Waals surface area contributed by atoms with Crippen molar-refractivity contribution in [1.29, 1.82) is 0 Å². The molecular weight excluding hydrogens is 270 g/mol. The zero-order valence-corrected chi connectivity index (χ0v) is 12.0. The lowest BCUT2D eigenvalue weighted by atomic mass is 10.3. The third kappa shape index (κ3) is 2.93. The van der Waals surface area contributed by atoms with Crippen LogP contribution in [0.3, 0.4) is 0 Å². The van der Waals surface area contributed by atoms with E-state index in [1.807, 2.05) is 30.0 Å². The summed E-state index contributed by atoms with van der Waals surface area (Å²) in [4.78, 5) is 13.2. The molecule has 102 valence electrons. The summed E-state index contributed by atoms with van der Waals surface area (Å²) in [6.45, 7) is 2.18. The van der Waals surface area contributed by atoms with Crippen molar-refractivity contribution in [1.82, 2.24) is 9.97 Å². The van der Waals surface area contributed by atoms with Crippen LogP contribution in [0.2, 0.25) is 0 Å². The summed E-state index contributed by atoms with van der Waals surface area (Å²) in [6, 6.07) is 9.93. The van der Waals surface area contributed by atoms with E-state index in [1.165, 1.54) is 11.3 Å². The number of H-pyrrole nitrogens is 1. The summed E-state index contributed by atoms with van der Waals surface area (Å²) in [6.07, 6.45) is 4.45. The number of imidazole rings is 1. The van der Waals surface area contributed by atoms with Crippen LogP contribution in [0, 0.1) is 0 Å². The monoisotopic (exact) mass is 285 g/mol. The van der Waals surface area contributed by atoms with Gasteiger partial charge in [-0.1, -0.05) is 6.92 Å². The van der Waals surface area contributed by atoms with Gasteiger partial charge in [0.1, 0.15) is 5.76 Å². The highest BCUT2D eigenvalue weighted by Crippen LogP contribution is 2.24. The van der Waals surface area contributed by atoms with Crippen LogP contribution in [0.4, 0.5) is 5.95 Å². The Morgan fingerprint density at radius 3 is 3.15 bits per heavy atom. The SMILES string of the molecule is CCCSc1ccc2nc(N=Cc3ccco3)[nH]c2c1. The number of aliphatic imine (C=N–C) groups is 1. The maximum atomic E-state index is 5.20. The predicted octanol–water partition coefficient (Wildman–Crippen LogP) is 4.41. The number of nitrogens with zero attached hydrogens (tertiary/aromatic N) is 2. The Labute approximate surface area is 121 Å². The first-order chi connectivity index (χ1) is 9.85. The number of thioether (sulfide) groups is 1. The summed E-state index contributed by atoms with van der Waals surface area (Å²) in [5.41, 5.74) is 1.94. The molecule has 0 unspecified atom stereocenters. The molecule has 3 aromatic rings. The second-order valence-corrected chi connectivity index (χ2v) is 5.53. The van der Waals surface area contributed by atoms with Gasteiger partial charge in [-0.05, 0) is 42.5 Å².